The van der Waals surface area contributed by atoms with Gasteiger partial charge in [0.25, 0.3) is 5.91 Å². The molecule has 3 atom stereocenters. The molecule has 9 nitrogen and oxygen atoms in total. The SMILES string of the molecule is CO[C@@H]1CN(C)C(=O)c2ccc(NC(=O)NC(C)C)cc2OC[C@H](C)N(C(=O)C2CCC2)C[C@H]1C. The van der Waals surface area contributed by atoms with Crippen LogP contribution in [0.5, 0.6) is 5.75 Å². The highest BCUT2D eigenvalue weighted by Gasteiger charge is 2.35. The summed E-state index contributed by atoms with van der Waals surface area (Å²) in [6, 6.07) is 4.47. The van der Waals surface area contributed by atoms with Crippen molar-refractivity contribution in [3.05, 3.63) is 23.8 Å². The number of nitrogens with one attached hydrogen (secondary N) is 2. The van der Waals surface area contributed by atoms with E-state index in [9.17, 15) is 14.4 Å². The van der Waals surface area contributed by atoms with Gasteiger partial charge in [0.1, 0.15) is 12.4 Å². The first kappa shape index (κ1) is 26.8. The summed E-state index contributed by atoms with van der Waals surface area (Å²) >= 11 is 0. The quantitative estimate of drug-likeness (QED) is 0.677. The van der Waals surface area contributed by atoms with Crippen molar-refractivity contribution in [3.8, 4) is 5.75 Å². The number of ether oxygens (including phenoxy) is 2. The largest absolute Gasteiger partial charge is 0.491 e. The van der Waals surface area contributed by atoms with E-state index in [-0.39, 0.29) is 54.5 Å². The van der Waals surface area contributed by atoms with Crippen LogP contribution in [-0.2, 0) is 9.53 Å². The summed E-state index contributed by atoms with van der Waals surface area (Å²) in [5.74, 6) is 0.450. The summed E-state index contributed by atoms with van der Waals surface area (Å²) in [6.45, 7) is 8.93. The van der Waals surface area contributed by atoms with E-state index in [0.717, 1.165) is 19.3 Å². The average Bonchev–Trinajstić information content (AvgIpc) is 2.76. The van der Waals surface area contributed by atoms with E-state index in [1.165, 1.54) is 0 Å². The van der Waals surface area contributed by atoms with Crippen LogP contribution in [0.25, 0.3) is 0 Å². The lowest BCUT2D eigenvalue weighted by Gasteiger charge is -2.39. The molecule has 2 aliphatic rings. The Morgan fingerprint density at radius 2 is 1.89 bits per heavy atom. The third-order valence-electron chi connectivity index (χ3n) is 6.86. The Labute approximate surface area is 208 Å². The minimum atomic E-state index is -0.334. The normalized spacial score (nSPS) is 24.0. The molecule has 0 aromatic heterocycles. The van der Waals surface area contributed by atoms with Crippen molar-refractivity contribution in [1.29, 1.82) is 0 Å². The third kappa shape index (κ3) is 6.66. The monoisotopic (exact) mass is 488 g/mol. The van der Waals surface area contributed by atoms with Gasteiger partial charge in [-0.15, -0.1) is 0 Å². The Morgan fingerprint density at radius 3 is 2.49 bits per heavy atom. The van der Waals surface area contributed by atoms with Crippen LogP contribution in [0, 0.1) is 11.8 Å². The molecular formula is C26H40N4O5. The number of urea groups is 1. The number of likely N-dealkylation sites (N-methyl/N-ethyl adjacent to an activating group) is 1. The van der Waals surface area contributed by atoms with E-state index < -0.39 is 0 Å². The van der Waals surface area contributed by atoms with E-state index in [4.69, 9.17) is 9.47 Å². The lowest BCUT2D eigenvalue weighted by Crippen LogP contribution is -2.51. The summed E-state index contributed by atoms with van der Waals surface area (Å²) < 4.78 is 11.9. The number of hydrogen-bond acceptors (Lipinski definition) is 5. The van der Waals surface area contributed by atoms with Gasteiger partial charge in [-0.3, -0.25) is 9.59 Å². The Kier molecular flexibility index (Phi) is 8.99. The first-order valence-corrected chi connectivity index (χ1v) is 12.5. The first-order chi connectivity index (χ1) is 16.6. The van der Waals surface area contributed by atoms with Crippen molar-refractivity contribution in [2.75, 3.05) is 39.2 Å². The van der Waals surface area contributed by atoms with Gasteiger partial charge in [0.2, 0.25) is 5.91 Å². The molecule has 1 aliphatic heterocycles. The molecule has 1 heterocycles. The average molecular weight is 489 g/mol. The molecule has 0 spiro atoms. The number of anilines is 1. The van der Waals surface area contributed by atoms with Gasteiger partial charge in [0.15, 0.2) is 0 Å². The maximum absolute atomic E-state index is 13.3. The van der Waals surface area contributed by atoms with Gasteiger partial charge < -0.3 is 29.9 Å². The smallest absolute Gasteiger partial charge is 0.319 e. The van der Waals surface area contributed by atoms with Gasteiger partial charge in [-0.25, -0.2) is 4.79 Å². The topological polar surface area (TPSA) is 100 Å². The summed E-state index contributed by atoms with van der Waals surface area (Å²) in [5.41, 5.74) is 0.914. The second kappa shape index (κ2) is 11.7. The molecule has 194 valence electrons. The highest BCUT2D eigenvalue weighted by molar-refractivity contribution is 5.98. The summed E-state index contributed by atoms with van der Waals surface area (Å²) in [5, 5.41) is 5.57. The van der Waals surface area contributed by atoms with Gasteiger partial charge in [0, 0.05) is 56.9 Å². The number of carbonyl (C=O) groups excluding carboxylic acids is 3. The molecule has 1 aromatic rings. The second-order valence-corrected chi connectivity index (χ2v) is 10.2. The van der Waals surface area contributed by atoms with Gasteiger partial charge in [-0.1, -0.05) is 13.3 Å². The Balaban J connectivity index is 1.91. The zero-order valence-corrected chi connectivity index (χ0v) is 21.8. The molecule has 1 aliphatic carbocycles. The zero-order chi connectivity index (χ0) is 25.7. The van der Waals surface area contributed by atoms with Crippen molar-refractivity contribution < 1.29 is 23.9 Å². The van der Waals surface area contributed by atoms with Crippen molar-refractivity contribution in [1.82, 2.24) is 15.1 Å². The van der Waals surface area contributed by atoms with Crippen LogP contribution in [-0.4, -0.2) is 79.7 Å². The highest BCUT2D eigenvalue weighted by atomic mass is 16.5. The summed E-state index contributed by atoms with van der Waals surface area (Å²) in [4.78, 5) is 42.3. The minimum Gasteiger partial charge on any atom is -0.491 e. The van der Waals surface area contributed by atoms with E-state index in [0.29, 0.717) is 30.1 Å². The summed E-state index contributed by atoms with van der Waals surface area (Å²) in [7, 11) is 3.38. The van der Waals surface area contributed by atoms with E-state index in [1.54, 1.807) is 37.3 Å². The van der Waals surface area contributed by atoms with Gasteiger partial charge in [0.05, 0.1) is 17.7 Å². The maximum atomic E-state index is 13.3. The zero-order valence-electron chi connectivity index (χ0n) is 21.8. The van der Waals surface area contributed by atoms with Crippen LogP contribution in [0.2, 0.25) is 0 Å². The Hall–Kier alpha value is -2.81. The molecule has 1 aromatic carbocycles. The molecule has 35 heavy (non-hydrogen) atoms. The van der Waals surface area contributed by atoms with E-state index in [2.05, 4.69) is 17.6 Å². The standard InChI is InChI=1S/C26H40N4O5/c1-16(2)27-26(33)28-20-10-11-21-22(12-20)35-15-18(4)30(24(31)19-8-7-9-19)13-17(3)23(34-6)14-29(5)25(21)32/h10-12,16-19,23H,7-9,13-15H2,1-6H3,(H2,27,28,33)/t17-,18+,23-/m1/s1. The van der Waals surface area contributed by atoms with Gasteiger partial charge in [-0.05, 0) is 45.7 Å². The molecule has 0 radical (unpaired) electrons. The maximum Gasteiger partial charge on any atom is 0.319 e. The van der Waals surface area contributed by atoms with Crippen LogP contribution >= 0.6 is 0 Å². The first-order valence-electron chi connectivity index (χ1n) is 12.5. The van der Waals surface area contributed by atoms with Crippen LogP contribution in [0.4, 0.5) is 10.5 Å². The highest BCUT2D eigenvalue weighted by Crippen LogP contribution is 2.31. The van der Waals surface area contributed by atoms with Crippen LogP contribution < -0.4 is 15.4 Å². The Bertz CT molecular complexity index is 917. The second-order valence-electron chi connectivity index (χ2n) is 10.2. The van der Waals surface area contributed by atoms with Crippen molar-refractivity contribution >= 4 is 23.5 Å². The Morgan fingerprint density at radius 1 is 1.17 bits per heavy atom. The molecule has 2 N–H and O–H groups in total. The predicted molar refractivity (Wildman–Crippen MR) is 135 cm³/mol. The van der Waals surface area contributed by atoms with Gasteiger partial charge >= 0.3 is 6.03 Å². The molecule has 1 saturated carbocycles. The van der Waals surface area contributed by atoms with Crippen molar-refractivity contribution in [3.63, 3.8) is 0 Å². The van der Waals surface area contributed by atoms with Crippen molar-refractivity contribution in [2.45, 2.75) is 65.1 Å². The number of carbonyl (C=O) groups is 3. The fourth-order valence-electron chi connectivity index (χ4n) is 4.48. The molecule has 1 fully saturated rings. The number of amides is 4. The number of fused-ring (bicyclic) bond motifs is 1. The number of benzene rings is 1. The molecule has 0 bridgehead atoms. The number of rotatable bonds is 4. The minimum absolute atomic E-state index is 0.0121. The fraction of sp³-hybridized carbons (Fsp3) is 0.654. The molecule has 4 amide bonds. The molecule has 0 unspecified atom stereocenters. The van der Waals surface area contributed by atoms with Gasteiger partial charge in [-0.2, -0.15) is 0 Å². The predicted octanol–water partition coefficient (Wildman–Crippen LogP) is 3.35. The molecule has 0 saturated heterocycles. The molecule has 9 heteroatoms. The van der Waals surface area contributed by atoms with E-state index >= 15 is 0 Å². The lowest BCUT2D eigenvalue weighted by molar-refractivity contribution is -0.142. The third-order valence-corrected chi connectivity index (χ3v) is 6.86. The number of hydrogen-bond donors (Lipinski definition) is 2. The summed E-state index contributed by atoms with van der Waals surface area (Å²) in [6.07, 6.45) is 2.72. The van der Waals surface area contributed by atoms with Crippen LogP contribution in [0.1, 0.15) is 57.3 Å². The van der Waals surface area contributed by atoms with Crippen LogP contribution in [0.3, 0.4) is 0 Å². The number of methoxy groups -OCH3 is 1. The lowest BCUT2D eigenvalue weighted by atomic mass is 9.83. The molecule has 3 rings (SSSR count). The number of nitrogens with zero attached hydrogens (tertiary/aromatic N) is 2. The van der Waals surface area contributed by atoms with Crippen molar-refractivity contribution in [2.24, 2.45) is 11.8 Å². The van der Waals surface area contributed by atoms with Crippen LogP contribution in [0.15, 0.2) is 18.2 Å². The van der Waals surface area contributed by atoms with E-state index in [1.807, 2.05) is 25.7 Å². The fourth-order valence-corrected chi connectivity index (χ4v) is 4.48. The molecular weight excluding hydrogens is 448 g/mol.